The molecule has 1 amide bonds. The number of nitrogens with zero attached hydrogens (tertiary/aromatic N) is 1. The molecule has 0 atom stereocenters. The summed E-state index contributed by atoms with van der Waals surface area (Å²) in [5, 5.41) is 11.5. The first-order valence-corrected chi connectivity index (χ1v) is 8.92. The van der Waals surface area contributed by atoms with Gasteiger partial charge in [-0.15, -0.1) is 0 Å². The molecule has 0 fully saturated rings. The molecule has 0 radical (unpaired) electrons. The molecular weight excluding hydrogens is 353 g/mol. The number of hydrogen-bond acceptors (Lipinski definition) is 3. The molecule has 0 saturated carbocycles. The fourth-order valence-electron chi connectivity index (χ4n) is 3.15. The zero-order valence-electron chi connectivity index (χ0n) is 15.0. The lowest BCUT2D eigenvalue weighted by Crippen LogP contribution is -2.25. The molecule has 0 bridgehead atoms. The fourth-order valence-corrected chi connectivity index (χ4v) is 3.15. The van der Waals surface area contributed by atoms with E-state index >= 15 is 0 Å². The van der Waals surface area contributed by atoms with Crippen LogP contribution in [-0.2, 0) is 4.79 Å². The predicted molar refractivity (Wildman–Crippen MR) is 112 cm³/mol. The van der Waals surface area contributed by atoms with E-state index in [9.17, 15) is 9.18 Å². The fraction of sp³-hybridized carbons (Fsp3) is 0.0435. The number of amides is 1. The highest BCUT2D eigenvalue weighted by Gasteiger charge is 2.06. The molecule has 2 N–H and O–H groups in total. The van der Waals surface area contributed by atoms with E-state index in [-0.39, 0.29) is 18.3 Å². The van der Waals surface area contributed by atoms with Crippen molar-refractivity contribution in [2.75, 3.05) is 11.9 Å². The second kappa shape index (κ2) is 7.88. The van der Waals surface area contributed by atoms with Gasteiger partial charge in [-0.1, -0.05) is 48.5 Å². The molecule has 0 unspecified atom stereocenters. The average molecular weight is 371 g/mol. The van der Waals surface area contributed by atoms with Gasteiger partial charge in [0.2, 0.25) is 0 Å². The van der Waals surface area contributed by atoms with E-state index < -0.39 is 0 Å². The summed E-state index contributed by atoms with van der Waals surface area (Å²) in [5.74, 6) is -0.605. The molecule has 0 spiro atoms. The maximum Gasteiger partial charge on any atom is 0.259 e. The van der Waals surface area contributed by atoms with Crippen molar-refractivity contribution in [1.82, 2.24) is 5.43 Å². The van der Waals surface area contributed by atoms with Crippen LogP contribution in [0.1, 0.15) is 5.56 Å². The number of rotatable bonds is 5. The molecule has 4 rings (SSSR count). The van der Waals surface area contributed by atoms with Gasteiger partial charge in [0.25, 0.3) is 5.91 Å². The highest BCUT2D eigenvalue weighted by molar-refractivity contribution is 6.13. The molecule has 4 aromatic carbocycles. The van der Waals surface area contributed by atoms with Crippen molar-refractivity contribution in [2.45, 2.75) is 0 Å². The number of carbonyl (C=O) groups is 1. The summed E-state index contributed by atoms with van der Waals surface area (Å²) in [5.41, 5.74) is 4.16. The van der Waals surface area contributed by atoms with Gasteiger partial charge in [-0.25, -0.2) is 9.82 Å². The monoisotopic (exact) mass is 371 g/mol. The minimum Gasteiger partial charge on any atom is -0.376 e. The number of benzene rings is 4. The van der Waals surface area contributed by atoms with Crippen molar-refractivity contribution in [3.05, 3.63) is 90.2 Å². The molecular formula is C23H18FN3O. The number of fused-ring (bicyclic) bond motifs is 2. The standard InChI is InChI=1S/C23H18FN3O/c24-18-9-11-19(12-10-18)25-15-23(28)27-26-14-22-20-7-3-1-5-16(20)13-17-6-2-4-8-21(17)22/h1-14,25H,15H2,(H,27,28)/b26-14-. The summed E-state index contributed by atoms with van der Waals surface area (Å²) in [6.45, 7) is 0.0409. The number of nitrogens with one attached hydrogen (secondary N) is 2. The molecule has 138 valence electrons. The van der Waals surface area contributed by atoms with Crippen molar-refractivity contribution in [3.63, 3.8) is 0 Å². The van der Waals surface area contributed by atoms with Gasteiger partial charge in [-0.2, -0.15) is 5.10 Å². The predicted octanol–water partition coefficient (Wildman–Crippen LogP) is 4.69. The Bertz CT molecular complexity index is 1120. The molecule has 0 aliphatic rings. The van der Waals surface area contributed by atoms with E-state index in [1.54, 1.807) is 18.3 Å². The number of anilines is 1. The SMILES string of the molecule is O=C(CNc1ccc(F)cc1)N/N=C\c1c2ccccc2cc2ccccc12. The van der Waals surface area contributed by atoms with Crippen LogP contribution in [0.4, 0.5) is 10.1 Å². The molecule has 4 aromatic rings. The molecule has 0 heterocycles. The molecule has 0 aliphatic heterocycles. The Hall–Kier alpha value is -3.73. The topological polar surface area (TPSA) is 53.5 Å². The van der Waals surface area contributed by atoms with Gasteiger partial charge in [0.1, 0.15) is 5.82 Å². The Labute approximate surface area is 161 Å². The zero-order chi connectivity index (χ0) is 19.3. The number of hydrogen-bond donors (Lipinski definition) is 2. The van der Waals surface area contributed by atoms with Crippen molar-refractivity contribution in [1.29, 1.82) is 0 Å². The van der Waals surface area contributed by atoms with Gasteiger partial charge in [0.05, 0.1) is 12.8 Å². The third-order valence-electron chi connectivity index (χ3n) is 4.49. The van der Waals surface area contributed by atoms with Crippen LogP contribution in [0.2, 0.25) is 0 Å². The summed E-state index contributed by atoms with van der Waals surface area (Å²) >= 11 is 0. The second-order valence-corrected chi connectivity index (χ2v) is 6.39. The average Bonchev–Trinajstić information content (AvgIpc) is 2.73. The second-order valence-electron chi connectivity index (χ2n) is 6.39. The van der Waals surface area contributed by atoms with Crippen LogP contribution in [0.5, 0.6) is 0 Å². The van der Waals surface area contributed by atoms with Gasteiger partial charge in [0, 0.05) is 11.3 Å². The quantitative estimate of drug-likeness (QED) is 0.304. The van der Waals surface area contributed by atoms with E-state index in [0.29, 0.717) is 5.69 Å². The van der Waals surface area contributed by atoms with E-state index in [2.05, 4.69) is 34.0 Å². The van der Waals surface area contributed by atoms with Crippen molar-refractivity contribution < 1.29 is 9.18 Å². The molecule has 0 aromatic heterocycles. The zero-order valence-corrected chi connectivity index (χ0v) is 15.0. The normalized spacial score (nSPS) is 11.2. The van der Waals surface area contributed by atoms with E-state index in [4.69, 9.17) is 0 Å². The van der Waals surface area contributed by atoms with E-state index in [1.165, 1.54) is 12.1 Å². The minimum absolute atomic E-state index is 0.0409. The molecule has 0 aliphatic carbocycles. The Morgan fingerprint density at radius 1 is 0.893 bits per heavy atom. The summed E-state index contributed by atoms with van der Waals surface area (Å²) in [6.07, 6.45) is 1.68. The van der Waals surface area contributed by atoms with Crippen molar-refractivity contribution in [2.24, 2.45) is 5.10 Å². The van der Waals surface area contributed by atoms with Crippen molar-refractivity contribution in [3.8, 4) is 0 Å². The summed E-state index contributed by atoms with van der Waals surface area (Å²) in [7, 11) is 0. The lowest BCUT2D eigenvalue weighted by Gasteiger charge is -2.08. The lowest BCUT2D eigenvalue weighted by atomic mass is 9.97. The van der Waals surface area contributed by atoms with Crippen LogP contribution in [0.15, 0.2) is 84.0 Å². The summed E-state index contributed by atoms with van der Waals surface area (Å²) < 4.78 is 12.9. The van der Waals surface area contributed by atoms with Crippen LogP contribution in [-0.4, -0.2) is 18.7 Å². The first-order chi connectivity index (χ1) is 13.7. The minimum atomic E-state index is -0.318. The van der Waals surface area contributed by atoms with Gasteiger partial charge in [-0.3, -0.25) is 4.79 Å². The molecule has 28 heavy (non-hydrogen) atoms. The van der Waals surface area contributed by atoms with Crippen LogP contribution >= 0.6 is 0 Å². The van der Waals surface area contributed by atoms with Gasteiger partial charge >= 0.3 is 0 Å². The van der Waals surface area contributed by atoms with Gasteiger partial charge in [0.15, 0.2) is 0 Å². The number of carbonyl (C=O) groups excluding carboxylic acids is 1. The van der Waals surface area contributed by atoms with Crippen LogP contribution in [0.25, 0.3) is 21.5 Å². The first-order valence-electron chi connectivity index (χ1n) is 8.92. The Morgan fingerprint density at radius 2 is 1.50 bits per heavy atom. The van der Waals surface area contributed by atoms with Crippen LogP contribution < -0.4 is 10.7 Å². The first kappa shape index (κ1) is 17.7. The third-order valence-corrected chi connectivity index (χ3v) is 4.49. The number of halogens is 1. The smallest absolute Gasteiger partial charge is 0.259 e. The largest absolute Gasteiger partial charge is 0.376 e. The maximum atomic E-state index is 12.9. The van der Waals surface area contributed by atoms with Crippen molar-refractivity contribution >= 4 is 39.4 Å². The lowest BCUT2D eigenvalue weighted by molar-refractivity contribution is -0.119. The third kappa shape index (κ3) is 3.83. The highest BCUT2D eigenvalue weighted by atomic mass is 19.1. The number of hydrazone groups is 1. The molecule has 0 saturated heterocycles. The van der Waals surface area contributed by atoms with Gasteiger partial charge < -0.3 is 5.32 Å². The Balaban J connectivity index is 1.51. The Morgan fingerprint density at radius 3 is 2.14 bits per heavy atom. The van der Waals surface area contributed by atoms with Crippen LogP contribution in [0.3, 0.4) is 0 Å². The summed E-state index contributed by atoms with van der Waals surface area (Å²) in [4.78, 5) is 12.0. The molecule has 5 heteroatoms. The van der Waals surface area contributed by atoms with E-state index in [1.807, 2.05) is 36.4 Å². The van der Waals surface area contributed by atoms with Crippen LogP contribution in [0, 0.1) is 5.82 Å². The maximum absolute atomic E-state index is 12.9. The Kier molecular flexibility index (Phi) is 4.97. The highest BCUT2D eigenvalue weighted by Crippen LogP contribution is 2.27. The molecule has 4 nitrogen and oxygen atoms in total. The van der Waals surface area contributed by atoms with E-state index in [0.717, 1.165) is 27.1 Å². The van der Waals surface area contributed by atoms with Gasteiger partial charge in [-0.05, 0) is 51.9 Å². The summed E-state index contributed by atoms with van der Waals surface area (Å²) in [6, 6.07) is 24.2.